The van der Waals surface area contributed by atoms with Crippen LogP contribution in [0.25, 0.3) is 11.1 Å². The van der Waals surface area contributed by atoms with E-state index in [0.717, 1.165) is 0 Å². The first kappa shape index (κ1) is 15.7. The molecule has 0 aliphatic carbocycles. The lowest BCUT2D eigenvalue weighted by molar-refractivity contribution is -0.116. The Labute approximate surface area is 135 Å². The van der Waals surface area contributed by atoms with Gasteiger partial charge in [0.1, 0.15) is 5.82 Å². The maximum Gasteiger partial charge on any atom is 0.417 e. The van der Waals surface area contributed by atoms with Gasteiger partial charge in [0.2, 0.25) is 5.91 Å². The number of amides is 1. The van der Waals surface area contributed by atoms with Crippen molar-refractivity contribution in [1.29, 1.82) is 0 Å². The van der Waals surface area contributed by atoms with Gasteiger partial charge in [-0.2, -0.15) is 0 Å². The zero-order valence-corrected chi connectivity index (χ0v) is 12.5. The number of nitrogens with one attached hydrogen (secondary N) is 2. The largest absolute Gasteiger partial charge is 0.417 e. The summed E-state index contributed by atoms with van der Waals surface area (Å²) in [6.45, 7) is 0. The minimum absolute atomic E-state index is 0.0126. The topological polar surface area (TPSA) is 92.2 Å². The van der Waals surface area contributed by atoms with Gasteiger partial charge in [-0.3, -0.25) is 14.6 Å². The Morgan fingerprint density at radius 1 is 1.12 bits per heavy atom. The number of carbonyl (C=O) groups excluding carboxylic acids is 2. The fourth-order valence-corrected chi connectivity index (χ4v) is 2.28. The van der Waals surface area contributed by atoms with Crippen molar-refractivity contribution in [3.05, 3.63) is 64.4 Å². The van der Waals surface area contributed by atoms with Gasteiger partial charge in [0, 0.05) is 24.1 Å². The van der Waals surface area contributed by atoms with Crippen LogP contribution in [0.5, 0.6) is 0 Å². The fourth-order valence-electron chi connectivity index (χ4n) is 2.28. The SMILES string of the molecule is O=C(CCC(=O)c1ccc2[nH]c(=O)oc2c1)Nc1cccc(F)c1. The summed E-state index contributed by atoms with van der Waals surface area (Å²) in [6, 6.07) is 10.1. The highest BCUT2D eigenvalue weighted by molar-refractivity contribution is 6.01. The van der Waals surface area contributed by atoms with E-state index in [1.54, 1.807) is 18.2 Å². The number of H-pyrrole nitrogens is 1. The van der Waals surface area contributed by atoms with Crippen LogP contribution < -0.4 is 11.1 Å². The molecule has 1 aromatic heterocycles. The number of aromatic amines is 1. The molecule has 0 aliphatic heterocycles. The molecule has 6 nitrogen and oxygen atoms in total. The van der Waals surface area contributed by atoms with Gasteiger partial charge in [-0.05, 0) is 36.4 Å². The molecule has 0 aliphatic rings. The summed E-state index contributed by atoms with van der Waals surface area (Å²) >= 11 is 0. The van der Waals surface area contributed by atoms with Crippen LogP contribution in [0.15, 0.2) is 51.7 Å². The smallest absolute Gasteiger partial charge is 0.408 e. The highest BCUT2D eigenvalue weighted by atomic mass is 19.1. The molecule has 0 saturated heterocycles. The lowest BCUT2D eigenvalue weighted by atomic mass is 10.1. The quantitative estimate of drug-likeness (QED) is 0.704. The number of carbonyl (C=O) groups is 2. The Hall–Kier alpha value is -3.22. The van der Waals surface area contributed by atoms with Crippen LogP contribution in [0.3, 0.4) is 0 Å². The van der Waals surface area contributed by atoms with E-state index in [4.69, 9.17) is 4.42 Å². The maximum absolute atomic E-state index is 13.0. The lowest BCUT2D eigenvalue weighted by Crippen LogP contribution is -2.13. The van der Waals surface area contributed by atoms with E-state index in [9.17, 15) is 18.8 Å². The number of benzene rings is 2. The molecule has 1 amide bonds. The van der Waals surface area contributed by atoms with Gasteiger partial charge in [-0.25, -0.2) is 9.18 Å². The molecule has 2 N–H and O–H groups in total. The zero-order chi connectivity index (χ0) is 17.1. The van der Waals surface area contributed by atoms with Crippen LogP contribution in [-0.4, -0.2) is 16.7 Å². The third kappa shape index (κ3) is 3.57. The van der Waals surface area contributed by atoms with E-state index in [2.05, 4.69) is 10.3 Å². The molecule has 0 fully saturated rings. The second-order valence-electron chi connectivity index (χ2n) is 5.21. The number of fused-ring (bicyclic) bond motifs is 1. The van der Waals surface area contributed by atoms with E-state index in [1.807, 2.05) is 0 Å². The highest BCUT2D eigenvalue weighted by Gasteiger charge is 2.12. The van der Waals surface area contributed by atoms with Crippen LogP contribution in [0.1, 0.15) is 23.2 Å². The van der Waals surface area contributed by atoms with E-state index in [0.29, 0.717) is 16.8 Å². The molecule has 0 bridgehead atoms. The van der Waals surface area contributed by atoms with E-state index >= 15 is 0 Å². The van der Waals surface area contributed by atoms with Crippen molar-refractivity contribution in [3.8, 4) is 0 Å². The van der Waals surface area contributed by atoms with Gasteiger partial charge in [-0.15, -0.1) is 0 Å². The van der Waals surface area contributed by atoms with E-state index in [1.165, 1.54) is 24.3 Å². The number of hydrogen-bond donors (Lipinski definition) is 2. The van der Waals surface area contributed by atoms with Crippen molar-refractivity contribution in [2.45, 2.75) is 12.8 Å². The van der Waals surface area contributed by atoms with Gasteiger partial charge < -0.3 is 9.73 Å². The number of oxazole rings is 1. The van der Waals surface area contributed by atoms with Gasteiger partial charge in [0.25, 0.3) is 0 Å². The van der Waals surface area contributed by atoms with Crippen molar-refractivity contribution in [2.24, 2.45) is 0 Å². The van der Waals surface area contributed by atoms with Crippen LogP contribution in [-0.2, 0) is 4.79 Å². The van der Waals surface area contributed by atoms with E-state index < -0.39 is 11.6 Å². The zero-order valence-electron chi connectivity index (χ0n) is 12.5. The molecule has 0 atom stereocenters. The van der Waals surface area contributed by atoms with Crippen LogP contribution in [0, 0.1) is 5.82 Å². The summed E-state index contributed by atoms with van der Waals surface area (Å²) in [5, 5.41) is 2.53. The third-order valence-corrected chi connectivity index (χ3v) is 3.43. The minimum atomic E-state index is -0.593. The summed E-state index contributed by atoms with van der Waals surface area (Å²) in [7, 11) is 0. The molecule has 0 unspecified atom stereocenters. The Bertz CT molecular complexity index is 974. The average molecular weight is 328 g/mol. The number of hydrogen-bond acceptors (Lipinski definition) is 4. The lowest BCUT2D eigenvalue weighted by Gasteiger charge is -2.05. The Balaban J connectivity index is 1.61. The molecule has 3 rings (SSSR count). The molecular weight excluding hydrogens is 315 g/mol. The summed E-state index contributed by atoms with van der Waals surface area (Å²) in [5.41, 5.74) is 1.47. The standard InChI is InChI=1S/C17H13FN2O4/c18-11-2-1-3-12(9-11)19-16(22)7-6-14(21)10-4-5-13-15(8-10)24-17(23)20-13/h1-5,8-9H,6-7H2,(H,19,22)(H,20,23). The van der Waals surface area contributed by atoms with E-state index in [-0.39, 0.29) is 30.1 Å². The summed E-state index contributed by atoms with van der Waals surface area (Å²) in [6.07, 6.45) is -0.0498. The third-order valence-electron chi connectivity index (χ3n) is 3.43. The highest BCUT2D eigenvalue weighted by Crippen LogP contribution is 2.15. The molecule has 0 spiro atoms. The van der Waals surface area contributed by atoms with Crippen LogP contribution in [0.4, 0.5) is 10.1 Å². The first-order valence-corrected chi connectivity index (χ1v) is 7.23. The van der Waals surface area contributed by atoms with Gasteiger partial charge in [0.15, 0.2) is 11.4 Å². The predicted molar refractivity (Wildman–Crippen MR) is 85.4 cm³/mol. The molecule has 122 valence electrons. The molecular formula is C17H13FN2O4. The number of ketones is 1. The Morgan fingerprint density at radius 3 is 2.75 bits per heavy atom. The van der Waals surface area contributed by atoms with Crippen molar-refractivity contribution in [2.75, 3.05) is 5.32 Å². The molecule has 2 aromatic carbocycles. The van der Waals surface area contributed by atoms with Gasteiger partial charge in [-0.1, -0.05) is 6.07 Å². The normalized spacial score (nSPS) is 10.7. The van der Waals surface area contributed by atoms with Crippen molar-refractivity contribution in [1.82, 2.24) is 4.98 Å². The fraction of sp³-hybridized carbons (Fsp3) is 0.118. The number of Topliss-reactive ketones (excluding diaryl/α,β-unsaturated/α-hetero) is 1. The second kappa shape index (κ2) is 6.49. The molecule has 0 radical (unpaired) electrons. The minimum Gasteiger partial charge on any atom is -0.408 e. The first-order valence-electron chi connectivity index (χ1n) is 7.23. The monoisotopic (exact) mass is 328 g/mol. The summed E-state index contributed by atoms with van der Waals surface area (Å²) < 4.78 is 17.9. The van der Waals surface area contributed by atoms with Gasteiger partial charge >= 0.3 is 5.76 Å². The number of aromatic nitrogens is 1. The number of halogens is 1. The second-order valence-corrected chi connectivity index (χ2v) is 5.21. The Kier molecular flexibility index (Phi) is 4.24. The molecule has 7 heteroatoms. The van der Waals surface area contributed by atoms with Crippen molar-refractivity contribution >= 4 is 28.5 Å². The molecule has 1 heterocycles. The maximum atomic E-state index is 13.0. The molecule has 3 aromatic rings. The molecule has 0 saturated carbocycles. The van der Waals surface area contributed by atoms with Crippen molar-refractivity contribution in [3.63, 3.8) is 0 Å². The van der Waals surface area contributed by atoms with Crippen LogP contribution in [0.2, 0.25) is 0 Å². The van der Waals surface area contributed by atoms with Crippen LogP contribution >= 0.6 is 0 Å². The Morgan fingerprint density at radius 2 is 1.96 bits per heavy atom. The van der Waals surface area contributed by atoms with Gasteiger partial charge in [0.05, 0.1) is 5.52 Å². The number of anilines is 1. The van der Waals surface area contributed by atoms with Crippen molar-refractivity contribution < 1.29 is 18.4 Å². The number of rotatable bonds is 5. The summed E-state index contributed by atoms with van der Waals surface area (Å²) in [5.74, 6) is -1.69. The molecule has 24 heavy (non-hydrogen) atoms. The average Bonchev–Trinajstić information content (AvgIpc) is 2.91. The summed E-state index contributed by atoms with van der Waals surface area (Å²) in [4.78, 5) is 37.5. The predicted octanol–water partition coefficient (Wildman–Crippen LogP) is 2.86. The first-order chi connectivity index (χ1) is 11.5.